The van der Waals surface area contributed by atoms with Crippen molar-refractivity contribution in [1.82, 2.24) is 4.90 Å². The molecule has 0 aliphatic heterocycles. The number of likely N-dealkylation sites (N-methyl/N-ethyl adjacent to an activating group) is 1. The van der Waals surface area contributed by atoms with Gasteiger partial charge in [-0.3, -0.25) is 4.79 Å². The summed E-state index contributed by atoms with van der Waals surface area (Å²) in [4.78, 5) is 13.5. The number of benzene rings is 1. The van der Waals surface area contributed by atoms with Crippen molar-refractivity contribution in [1.29, 1.82) is 0 Å². The zero-order chi connectivity index (χ0) is 12.7. The predicted molar refractivity (Wildman–Crippen MR) is 69.2 cm³/mol. The molecule has 1 atom stereocenters. The quantitative estimate of drug-likeness (QED) is 0.789. The van der Waals surface area contributed by atoms with Crippen LogP contribution in [0.5, 0.6) is 0 Å². The van der Waals surface area contributed by atoms with E-state index in [0.717, 1.165) is 25.1 Å². The molecular weight excluding hydrogens is 214 g/mol. The van der Waals surface area contributed by atoms with Gasteiger partial charge in [-0.05, 0) is 25.1 Å². The normalized spacial score (nSPS) is 12.6. The van der Waals surface area contributed by atoms with Crippen molar-refractivity contribution in [3.05, 3.63) is 35.9 Å². The highest BCUT2D eigenvalue weighted by Crippen LogP contribution is 2.17. The Morgan fingerprint density at radius 1 is 1.29 bits per heavy atom. The molecule has 3 heteroatoms. The summed E-state index contributed by atoms with van der Waals surface area (Å²) in [5, 5.41) is 9.31. The van der Waals surface area contributed by atoms with E-state index in [-0.39, 0.29) is 0 Å². The molecule has 94 valence electrons. The first-order valence-electron chi connectivity index (χ1n) is 6.19. The van der Waals surface area contributed by atoms with Gasteiger partial charge in [-0.2, -0.15) is 0 Å². The lowest BCUT2D eigenvalue weighted by atomic mass is 9.98. The molecule has 0 saturated carbocycles. The average molecular weight is 235 g/mol. The fourth-order valence-electron chi connectivity index (χ4n) is 1.96. The van der Waals surface area contributed by atoms with Crippen LogP contribution >= 0.6 is 0 Å². The van der Waals surface area contributed by atoms with Crippen molar-refractivity contribution in [2.45, 2.75) is 26.2 Å². The number of nitrogens with zero attached hydrogens (tertiary/aromatic N) is 1. The Bertz CT molecular complexity index is 337. The molecule has 17 heavy (non-hydrogen) atoms. The first-order valence-corrected chi connectivity index (χ1v) is 6.19. The van der Waals surface area contributed by atoms with Crippen LogP contribution in [-0.4, -0.2) is 35.6 Å². The predicted octanol–water partition coefficient (Wildman–Crippen LogP) is 2.59. The third-order valence-corrected chi connectivity index (χ3v) is 2.93. The Morgan fingerprint density at radius 3 is 2.41 bits per heavy atom. The van der Waals surface area contributed by atoms with Gasteiger partial charge in [0.05, 0.1) is 5.92 Å². The molecule has 0 spiro atoms. The maximum Gasteiger partial charge on any atom is 0.312 e. The lowest BCUT2D eigenvalue weighted by Crippen LogP contribution is -2.32. The molecule has 0 heterocycles. The second kappa shape index (κ2) is 7.07. The first kappa shape index (κ1) is 13.7. The molecule has 1 aromatic carbocycles. The van der Waals surface area contributed by atoms with Crippen molar-refractivity contribution in [2.75, 3.05) is 19.6 Å². The van der Waals surface area contributed by atoms with E-state index in [1.165, 1.54) is 0 Å². The van der Waals surface area contributed by atoms with Gasteiger partial charge in [0.2, 0.25) is 0 Å². The topological polar surface area (TPSA) is 40.5 Å². The number of hydrogen-bond donors (Lipinski definition) is 1. The number of aliphatic carboxylic acids is 1. The SMILES string of the molecule is CCCN(CC)CC(C(=O)O)c1ccccc1. The summed E-state index contributed by atoms with van der Waals surface area (Å²) in [5.41, 5.74) is 0.884. The van der Waals surface area contributed by atoms with E-state index in [4.69, 9.17) is 0 Å². The number of carboxylic acids is 1. The molecule has 0 saturated heterocycles. The zero-order valence-electron chi connectivity index (χ0n) is 10.6. The molecule has 3 nitrogen and oxygen atoms in total. The Labute approximate surface area is 103 Å². The minimum atomic E-state index is -0.745. The first-order chi connectivity index (χ1) is 8.19. The van der Waals surface area contributed by atoms with Crippen LogP contribution in [-0.2, 0) is 4.79 Å². The summed E-state index contributed by atoms with van der Waals surface area (Å²) in [6, 6.07) is 9.46. The van der Waals surface area contributed by atoms with E-state index in [2.05, 4.69) is 18.7 Å². The second-order valence-electron chi connectivity index (χ2n) is 4.19. The van der Waals surface area contributed by atoms with Crippen LogP contribution in [0.25, 0.3) is 0 Å². The molecule has 0 bridgehead atoms. The van der Waals surface area contributed by atoms with Gasteiger partial charge in [0.25, 0.3) is 0 Å². The molecule has 0 radical (unpaired) electrons. The van der Waals surface area contributed by atoms with Crippen molar-refractivity contribution >= 4 is 5.97 Å². The minimum Gasteiger partial charge on any atom is -0.481 e. The van der Waals surface area contributed by atoms with Crippen LogP contribution in [0.1, 0.15) is 31.7 Å². The Kier molecular flexibility index (Phi) is 5.70. The lowest BCUT2D eigenvalue weighted by molar-refractivity contribution is -0.139. The van der Waals surface area contributed by atoms with E-state index in [9.17, 15) is 9.90 Å². The van der Waals surface area contributed by atoms with Gasteiger partial charge in [0, 0.05) is 6.54 Å². The van der Waals surface area contributed by atoms with Gasteiger partial charge < -0.3 is 10.0 Å². The average Bonchev–Trinajstić information content (AvgIpc) is 2.35. The van der Waals surface area contributed by atoms with Gasteiger partial charge >= 0.3 is 5.97 Å². The molecule has 1 N–H and O–H groups in total. The fraction of sp³-hybridized carbons (Fsp3) is 0.500. The Morgan fingerprint density at radius 2 is 1.94 bits per heavy atom. The molecule has 1 unspecified atom stereocenters. The van der Waals surface area contributed by atoms with Crippen LogP contribution in [0.2, 0.25) is 0 Å². The summed E-state index contributed by atoms with van der Waals surface area (Å²) >= 11 is 0. The molecular formula is C14H21NO2. The lowest BCUT2D eigenvalue weighted by Gasteiger charge is -2.23. The monoisotopic (exact) mass is 235 g/mol. The van der Waals surface area contributed by atoms with E-state index in [0.29, 0.717) is 6.54 Å². The van der Waals surface area contributed by atoms with Crippen molar-refractivity contribution in [2.24, 2.45) is 0 Å². The van der Waals surface area contributed by atoms with Gasteiger partial charge in [-0.15, -0.1) is 0 Å². The molecule has 0 fully saturated rings. The molecule has 1 rings (SSSR count). The van der Waals surface area contributed by atoms with Crippen molar-refractivity contribution in [3.8, 4) is 0 Å². The van der Waals surface area contributed by atoms with Crippen LogP contribution in [0.15, 0.2) is 30.3 Å². The molecule has 0 aliphatic carbocycles. The van der Waals surface area contributed by atoms with E-state index >= 15 is 0 Å². The van der Waals surface area contributed by atoms with Crippen molar-refractivity contribution in [3.63, 3.8) is 0 Å². The summed E-state index contributed by atoms with van der Waals surface area (Å²) in [5.74, 6) is -1.17. The zero-order valence-corrected chi connectivity index (χ0v) is 10.6. The van der Waals surface area contributed by atoms with E-state index in [1.54, 1.807) is 0 Å². The molecule has 0 aliphatic rings. The number of carbonyl (C=O) groups is 1. The molecule has 1 aromatic rings. The fourth-order valence-corrected chi connectivity index (χ4v) is 1.96. The number of carboxylic acid groups (broad SMARTS) is 1. The largest absolute Gasteiger partial charge is 0.481 e. The van der Waals surface area contributed by atoms with Crippen LogP contribution in [0.4, 0.5) is 0 Å². The number of rotatable bonds is 7. The third-order valence-electron chi connectivity index (χ3n) is 2.93. The smallest absolute Gasteiger partial charge is 0.312 e. The van der Waals surface area contributed by atoms with Crippen molar-refractivity contribution < 1.29 is 9.90 Å². The maximum absolute atomic E-state index is 11.3. The Balaban J connectivity index is 2.77. The summed E-state index contributed by atoms with van der Waals surface area (Å²) in [6.45, 7) is 6.61. The van der Waals surface area contributed by atoms with Gasteiger partial charge in [-0.1, -0.05) is 44.2 Å². The van der Waals surface area contributed by atoms with Gasteiger partial charge in [-0.25, -0.2) is 0 Å². The maximum atomic E-state index is 11.3. The van der Waals surface area contributed by atoms with Gasteiger partial charge in [0.1, 0.15) is 0 Å². The van der Waals surface area contributed by atoms with Crippen LogP contribution < -0.4 is 0 Å². The highest BCUT2D eigenvalue weighted by atomic mass is 16.4. The summed E-state index contributed by atoms with van der Waals surface area (Å²) in [7, 11) is 0. The molecule has 0 aromatic heterocycles. The number of hydrogen-bond acceptors (Lipinski definition) is 2. The third kappa shape index (κ3) is 4.19. The minimum absolute atomic E-state index is 0.428. The highest BCUT2D eigenvalue weighted by molar-refractivity contribution is 5.76. The second-order valence-corrected chi connectivity index (χ2v) is 4.19. The van der Waals surface area contributed by atoms with E-state index < -0.39 is 11.9 Å². The molecule has 0 amide bonds. The van der Waals surface area contributed by atoms with Crippen LogP contribution in [0.3, 0.4) is 0 Å². The van der Waals surface area contributed by atoms with E-state index in [1.807, 2.05) is 30.3 Å². The highest BCUT2D eigenvalue weighted by Gasteiger charge is 2.21. The summed E-state index contributed by atoms with van der Waals surface area (Å²) in [6.07, 6.45) is 1.05. The summed E-state index contributed by atoms with van der Waals surface area (Å²) < 4.78 is 0. The van der Waals surface area contributed by atoms with Gasteiger partial charge in [0.15, 0.2) is 0 Å². The van der Waals surface area contributed by atoms with Crippen LogP contribution in [0, 0.1) is 0 Å². The standard InChI is InChI=1S/C14H21NO2/c1-3-10-15(4-2)11-13(14(16)17)12-8-6-5-7-9-12/h5-9,13H,3-4,10-11H2,1-2H3,(H,16,17). The Hall–Kier alpha value is -1.35.